The van der Waals surface area contributed by atoms with Crippen LogP contribution in [0.2, 0.25) is 0 Å². The predicted molar refractivity (Wildman–Crippen MR) is 65.3 cm³/mol. The molecule has 0 bridgehead atoms. The fourth-order valence-electron chi connectivity index (χ4n) is 0.698. The van der Waals surface area contributed by atoms with Gasteiger partial charge >= 0.3 is 21.6 Å². The fraction of sp³-hybridized carbons (Fsp3) is 0.500. The first-order valence-electron chi connectivity index (χ1n) is 4.29. The molecule has 96 valence electrons. The second kappa shape index (κ2) is 6.60. The van der Waals surface area contributed by atoms with Gasteiger partial charge in [0.25, 0.3) is 0 Å². The first kappa shape index (κ1) is 15.9. The number of carbonyl (C=O) groups excluding carboxylic acids is 2. The summed E-state index contributed by atoms with van der Waals surface area (Å²) in [6, 6.07) is 0. The summed E-state index contributed by atoms with van der Waals surface area (Å²) >= 11 is 2.82. The maximum Gasteiger partial charge on any atom is 0.384 e. The van der Waals surface area contributed by atoms with Crippen molar-refractivity contribution in [2.75, 3.05) is 26.5 Å². The zero-order valence-electron chi connectivity index (χ0n) is 9.51. The first-order chi connectivity index (χ1) is 7.76. The largest absolute Gasteiger partial charge is 0.384 e. The Balaban J connectivity index is 5.17. The van der Waals surface area contributed by atoms with Crippen molar-refractivity contribution in [2.45, 2.75) is 0 Å². The molecule has 0 amide bonds. The van der Waals surface area contributed by atoms with Gasteiger partial charge in [0.1, 0.15) is 14.1 Å². The Labute approximate surface area is 107 Å². The van der Waals surface area contributed by atoms with Gasteiger partial charge in [0.2, 0.25) is 0 Å². The Morgan fingerprint density at radius 2 is 1.94 bits per heavy atom. The van der Waals surface area contributed by atoms with Gasteiger partial charge in [-0.05, 0) is 0 Å². The lowest BCUT2D eigenvalue weighted by Crippen LogP contribution is -2.32. The molecule has 0 aliphatic heterocycles. The van der Waals surface area contributed by atoms with Crippen molar-refractivity contribution >= 4 is 49.1 Å². The maximum absolute atomic E-state index is 11.5. The summed E-state index contributed by atoms with van der Waals surface area (Å²) in [5, 5.41) is -1.65. The minimum Gasteiger partial charge on any atom is -0.323 e. The van der Waals surface area contributed by atoms with Crippen LogP contribution in [-0.4, -0.2) is 62.5 Å². The number of ketones is 1. The highest BCUT2D eigenvalue weighted by Gasteiger charge is 2.33. The van der Waals surface area contributed by atoms with Crippen LogP contribution in [0.1, 0.15) is 0 Å². The van der Waals surface area contributed by atoms with Crippen molar-refractivity contribution in [3.8, 4) is 0 Å². The summed E-state index contributed by atoms with van der Waals surface area (Å²) in [4.78, 5) is 26.1. The Kier molecular flexibility index (Phi) is 6.18. The van der Waals surface area contributed by atoms with Crippen molar-refractivity contribution in [3.05, 3.63) is 0 Å². The lowest BCUT2D eigenvalue weighted by molar-refractivity contribution is -0.466. The molecule has 0 aromatic carbocycles. The van der Waals surface area contributed by atoms with Gasteiger partial charge in [-0.3, -0.25) is 14.6 Å². The van der Waals surface area contributed by atoms with Crippen LogP contribution >= 0.6 is 15.9 Å². The van der Waals surface area contributed by atoms with Crippen LogP contribution in [-0.2, 0) is 23.9 Å². The van der Waals surface area contributed by atoms with Gasteiger partial charge in [0.05, 0.1) is 5.33 Å². The quantitative estimate of drug-likeness (QED) is 0.164. The molecule has 7 nitrogen and oxygen atoms in total. The number of rotatable bonds is 5. The average molecular weight is 328 g/mol. The Morgan fingerprint density at radius 3 is 2.29 bits per heavy atom. The molecule has 0 N–H and O–H groups in total. The standard InChI is InChI=1S/C8H12BrN2O5S/c1-10-7(6(12)4-9)8(13)17(14,15)16-5-11(2)3/h5H,4H2,1-3H3/q+1. The second-order valence-electron chi connectivity index (χ2n) is 3.04. The molecule has 0 aliphatic carbocycles. The molecular weight excluding hydrogens is 316 g/mol. The van der Waals surface area contributed by atoms with Crippen molar-refractivity contribution in [1.29, 1.82) is 0 Å². The molecule has 0 rings (SSSR count). The third-order valence-electron chi connectivity index (χ3n) is 1.41. The summed E-state index contributed by atoms with van der Waals surface area (Å²) in [5.41, 5.74) is -0.672. The molecule has 0 radical (unpaired) electrons. The van der Waals surface area contributed by atoms with Crippen LogP contribution in [0.25, 0.3) is 0 Å². The highest BCUT2D eigenvalue weighted by atomic mass is 79.9. The summed E-state index contributed by atoms with van der Waals surface area (Å²) in [6.07, 6.45) is 0.832. The van der Waals surface area contributed by atoms with E-state index in [1.54, 1.807) is 0 Å². The van der Waals surface area contributed by atoms with Crippen LogP contribution in [0, 0.1) is 0 Å². The topological polar surface area (TPSA) is 92.9 Å². The lowest BCUT2D eigenvalue weighted by atomic mass is 10.3. The zero-order chi connectivity index (χ0) is 13.6. The molecule has 17 heavy (non-hydrogen) atoms. The van der Waals surface area contributed by atoms with Crippen molar-refractivity contribution in [1.82, 2.24) is 0 Å². The summed E-state index contributed by atoms with van der Waals surface area (Å²) < 4.78 is 28.4. The van der Waals surface area contributed by atoms with E-state index in [1.807, 2.05) is 0 Å². The summed E-state index contributed by atoms with van der Waals surface area (Å²) in [5.74, 6) is -0.727. The highest BCUT2D eigenvalue weighted by molar-refractivity contribution is 9.09. The molecule has 9 heteroatoms. The number of nitrogens with zero attached hydrogens (tertiary/aromatic N) is 2. The molecule has 0 heterocycles. The van der Waals surface area contributed by atoms with Gasteiger partial charge in [0.15, 0.2) is 11.5 Å². The van der Waals surface area contributed by atoms with Crippen LogP contribution in [0.3, 0.4) is 0 Å². The number of aliphatic imine (C=N–C) groups is 1. The molecule has 0 aromatic heterocycles. The average Bonchev–Trinajstić information content (AvgIpc) is 2.27. The number of hydrogen-bond acceptors (Lipinski definition) is 6. The summed E-state index contributed by atoms with van der Waals surface area (Å²) in [6.45, 7) is 0. The van der Waals surface area contributed by atoms with E-state index in [9.17, 15) is 18.0 Å². The minimum absolute atomic E-state index is 0.196. The molecule has 0 fully saturated rings. The van der Waals surface area contributed by atoms with Crippen LogP contribution in [0.5, 0.6) is 0 Å². The normalized spacial score (nSPS) is 11.9. The summed E-state index contributed by atoms with van der Waals surface area (Å²) in [7, 11) is -0.354. The Morgan fingerprint density at radius 1 is 1.41 bits per heavy atom. The van der Waals surface area contributed by atoms with E-state index in [1.165, 1.54) is 18.7 Å². The number of Topliss-reactive ketones (excluding diaryl/α,β-unsaturated/α-hetero) is 1. The van der Waals surface area contributed by atoms with Crippen LogP contribution in [0.15, 0.2) is 4.99 Å². The number of hydrogen-bond donors (Lipinski definition) is 0. The Hall–Kier alpha value is -1.09. The van der Waals surface area contributed by atoms with E-state index in [0.717, 1.165) is 13.4 Å². The van der Waals surface area contributed by atoms with Gasteiger partial charge in [-0.25, -0.2) is 4.58 Å². The first-order valence-corrected chi connectivity index (χ1v) is 6.82. The van der Waals surface area contributed by atoms with Gasteiger partial charge in [-0.2, -0.15) is 8.42 Å². The predicted octanol–water partition coefficient (Wildman–Crippen LogP) is -0.805. The van der Waals surface area contributed by atoms with Crippen molar-refractivity contribution in [3.63, 3.8) is 0 Å². The van der Waals surface area contributed by atoms with Crippen LogP contribution in [0.4, 0.5) is 0 Å². The molecule has 0 aliphatic rings. The number of carbonyl (C=O) groups is 2. The van der Waals surface area contributed by atoms with Crippen molar-refractivity contribution in [2.24, 2.45) is 4.99 Å². The van der Waals surface area contributed by atoms with E-state index >= 15 is 0 Å². The maximum atomic E-state index is 11.5. The number of halogens is 1. The van der Waals surface area contributed by atoms with Gasteiger partial charge in [0, 0.05) is 7.05 Å². The van der Waals surface area contributed by atoms with Gasteiger partial charge in [-0.15, -0.1) is 0 Å². The fourth-order valence-corrected chi connectivity index (χ4v) is 1.78. The molecular formula is C8H12BrN2O5S+. The van der Waals surface area contributed by atoms with E-state index in [4.69, 9.17) is 0 Å². The van der Waals surface area contributed by atoms with E-state index in [2.05, 4.69) is 25.1 Å². The minimum atomic E-state index is -4.53. The smallest absolute Gasteiger partial charge is 0.323 e. The molecule has 0 saturated heterocycles. The van der Waals surface area contributed by atoms with Gasteiger partial charge in [-0.1, -0.05) is 15.9 Å². The molecule has 0 saturated carbocycles. The molecule has 0 unspecified atom stereocenters. The Bertz CT molecular complexity index is 476. The molecule has 0 spiro atoms. The third kappa shape index (κ3) is 4.73. The monoisotopic (exact) mass is 327 g/mol. The SMILES string of the molecule is CN=C(C(=O)CBr)C(=O)S(=O)(=O)OC=[N+](C)C. The highest BCUT2D eigenvalue weighted by Crippen LogP contribution is 1.99. The zero-order valence-corrected chi connectivity index (χ0v) is 11.9. The van der Waals surface area contributed by atoms with E-state index < -0.39 is 26.7 Å². The van der Waals surface area contributed by atoms with E-state index in [0.29, 0.717) is 0 Å². The lowest BCUT2D eigenvalue weighted by Gasteiger charge is -2.01. The molecule has 0 atom stereocenters. The third-order valence-corrected chi connectivity index (χ3v) is 2.91. The van der Waals surface area contributed by atoms with Gasteiger partial charge < -0.3 is 4.18 Å². The van der Waals surface area contributed by atoms with E-state index in [-0.39, 0.29) is 5.33 Å². The van der Waals surface area contributed by atoms with Crippen LogP contribution < -0.4 is 0 Å². The molecule has 0 aromatic rings. The number of alkyl halides is 1. The second-order valence-corrected chi connectivity index (χ2v) is 5.07. The van der Waals surface area contributed by atoms with Crippen molar-refractivity contribution < 1.29 is 26.8 Å².